The van der Waals surface area contributed by atoms with Crippen molar-refractivity contribution in [1.29, 1.82) is 0 Å². The molecule has 0 aliphatic carbocycles. The van der Waals surface area contributed by atoms with Crippen molar-refractivity contribution >= 4 is 28.9 Å². The molecule has 1 aliphatic heterocycles. The van der Waals surface area contributed by atoms with Crippen LogP contribution in [0.2, 0.25) is 0 Å². The van der Waals surface area contributed by atoms with E-state index in [1.54, 1.807) is 32.9 Å². The molecule has 0 spiro atoms. The maximum atomic E-state index is 12.7. The SMILES string of the molecule is CC(C)OC(=O)CN1C(=O)NC(C)(c2cc3ccccc3o2)C1=O. The number of hydrogen-bond donors (Lipinski definition) is 1. The molecule has 7 heteroatoms. The van der Waals surface area contributed by atoms with Gasteiger partial charge in [-0.1, -0.05) is 18.2 Å². The Labute approximate surface area is 138 Å². The lowest BCUT2D eigenvalue weighted by Crippen LogP contribution is -2.41. The molecule has 0 saturated carbocycles. The highest BCUT2D eigenvalue weighted by Crippen LogP contribution is 2.32. The van der Waals surface area contributed by atoms with Crippen LogP contribution in [-0.2, 0) is 19.9 Å². The predicted molar refractivity (Wildman–Crippen MR) is 85.0 cm³/mol. The number of nitrogens with zero attached hydrogens (tertiary/aromatic N) is 1. The number of para-hydroxylation sites is 1. The summed E-state index contributed by atoms with van der Waals surface area (Å²) in [4.78, 5) is 37.5. The Morgan fingerprint density at radius 3 is 2.71 bits per heavy atom. The third-order valence-corrected chi connectivity index (χ3v) is 3.85. The maximum Gasteiger partial charge on any atom is 0.326 e. The molecule has 2 aromatic rings. The summed E-state index contributed by atoms with van der Waals surface area (Å²) in [6.07, 6.45) is -0.319. The summed E-state index contributed by atoms with van der Waals surface area (Å²) in [7, 11) is 0. The van der Waals surface area contributed by atoms with Crippen molar-refractivity contribution in [2.45, 2.75) is 32.4 Å². The summed E-state index contributed by atoms with van der Waals surface area (Å²) < 4.78 is 10.7. The fraction of sp³-hybridized carbons (Fsp3) is 0.353. The lowest BCUT2D eigenvalue weighted by Gasteiger charge is -2.19. The van der Waals surface area contributed by atoms with E-state index in [9.17, 15) is 14.4 Å². The number of carbonyl (C=O) groups excluding carboxylic acids is 3. The zero-order valence-electron chi connectivity index (χ0n) is 13.7. The van der Waals surface area contributed by atoms with Gasteiger partial charge in [0, 0.05) is 5.39 Å². The Hall–Kier alpha value is -2.83. The van der Waals surface area contributed by atoms with Gasteiger partial charge in [0.15, 0.2) is 5.54 Å². The predicted octanol–water partition coefficient (Wildman–Crippen LogP) is 2.15. The smallest absolute Gasteiger partial charge is 0.326 e. The van der Waals surface area contributed by atoms with Crippen molar-refractivity contribution in [2.75, 3.05) is 6.54 Å². The third-order valence-electron chi connectivity index (χ3n) is 3.85. The number of benzene rings is 1. The first-order chi connectivity index (χ1) is 11.3. The molecule has 126 valence electrons. The molecular weight excluding hydrogens is 312 g/mol. The molecule has 1 fully saturated rings. The minimum Gasteiger partial charge on any atom is -0.462 e. The standard InChI is InChI=1S/C17H18N2O5/c1-10(2)23-14(20)9-19-15(21)17(3,18-16(19)22)13-8-11-6-4-5-7-12(11)24-13/h4-8,10H,9H2,1-3H3,(H,18,22). The fourth-order valence-corrected chi connectivity index (χ4v) is 2.67. The van der Waals surface area contributed by atoms with E-state index in [-0.39, 0.29) is 6.10 Å². The summed E-state index contributed by atoms with van der Waals surface area (Å²) >= 11 is 0. The Kier molecular flexibility index (Phi) is 3.79. The van der Waals surface area contributed by atoms with E-state index < -0.39 is 30.0 Å². The number of ether oxygens (including phenoxy) is 1. The number of carbonyl (C=O) groups is 3. The van der Waals surface area contributed by atoms with Crippen LogP contribution < -0.4 is 5.32 Å². The normalized spacial score (nSPS) is 20.8. The Bertz CT molecular complexity index is 792. The van der Waals surface area contributed by atoms with E-state index in [2.05, 4.69) is 5.32 Å². The van der Waals surface area contributed by atoms with E-state index in [1.165, 1.54) is 0 Å². The van der Waals surface area contributed by atoms with Crippen LogP contribution in [-0.4, -0.2) is 35.5 Å². The summed E-state index contributed by atoms with van der Waals surface area (Å²) in [5.74, 6) is -0.864. The van der Waals surface area contributed by atoms with Gasteiger partial charge in [0.1, 0.15) is 17.9 Å². The molecule has 24 heavy (non-hydrogen) atoms. The summed E-state index contributed by atoms with van der Waals surface area (Å²) in [5.41, 5.74) is -0.734. The van der Waals surface area contributed by atoms with E-state index in [1.807, 2.05) is 18.2 Å². The first-order valence-electron chi connectivity index (χ1n) is 7.64. The quantitative estimate of drug-likeness (QED) is 0.685. The van der Waals surface area contributed by atoms with Crippen molar-refractivity contribution in [3.8, 4) is 0 Å². The van der Waals surface area contributed by atoms with Crippen LogP contribution in [0.4, 0.5) is 4.79 Å². The first-order valence-corrected chi connectivity index (χ1v) is 7.64. The number of rotatable bonds is 4. The van der Waals surface area contributed by atoms with Crippen molar-refractivity contribution in [1.82, 2.24) is 10.2 Å². The molecule has 1 atom stereocenters. The van der Waals surface area contributed by atoms with Crippen LogP contribution >= 0.6 is 0 Å². The number of nitrogens with one attached hydrogen (secondary N) is 1. The summed E-state index contributed by atoms with van der Waals surface area (Å²) in [6, 6.07) is 8.37. The number of amides is 3. The van der Waals surface area contributed by atoms with Gasteiger partial charge in [-0.3, -0.25) is 14.5 Å². The zero-order chi connectivity index (χ0) is 17.5. The number of hydrogen-bond acceptors (Lipinski definition) is 5. The van der Waals surface area contributed by atoms with E-state index >= 15 is 0 Å². The second kappa shape index (κ2) is 5.67. The molecule has 3 amide bonds. The third kappa shape index (κ3) is 2.62. The molecule has 1 saturated heterocycles. The highest BCUT2D eigenvalue weighted by molar-refractivity contribution is 6.08. The highest BCUT2D eigenvalue weighted by atomic mass is 16.5. The molecule has 1 N–H and O–H groups in total. The van der Waals surface area contributed by atoms with Gasteiger partial charge in [0.25, 0.3) is 5.91 Å². The molecule has 1 aromatic carbocycles. The number of urea groups is 1. The van der Waals surface area contributed by atoms with Crippen LogP contribution in [0.5, 0.6) is 0 Å². The van der Waals surface area contributed by atoms with Crippen molar-refractivity contribution in [2.24, 2.45) is 0 Å². The minimum atomic E-state index is -1.35. The van der Waals surface area contributed by atoms with Gasteiger partial charge in [0.05, 0.1) is 6.10 Å². The van der Waals surface area contributed by atoms with Crippen LogP contribution in [0.15, 0.2) is 34.7 Å². The molecule has 1 aliphatic rings. The molecule has 2 heterocycles. The Morgan fingerprint density at radius 2 is 2.04 bits per heavy atom. The van der Waals surface area contributed by atoms with Crippen LogP contribution in [0, 0.1) is 0 Å². The minimum absolute atomic E-state index is 0.319. The molecule has 0 radical (unpaired) electrons. The second-order valence-electron chi connectivity index (χ2n) is 6.13. The molecule has 3 rings (SSSR count). The molecule has 7 nitrogen and oxygen atoms in total. The second-order valence-corrected chi connectivity index (χ2v) is 6.13. The monoisotopic (exact) mass is 330 g/mol. The zero-order valence-corrected chi connectivity index (χ0v) is 13.7. The Morgan fingerprint density at radius 1 is 1.33 bits per heavy atom. The van der Waals surface area contributed by atoms with Crippen LogP contribution in [0.1, 0.15) is 26.5 Å². The highest BCUT2D eigenvalue weighted by Gasteiger charge is 2.51. The van der Waals surface area contributed by atoms with Gasteiger partial charge >= 0.3 is 12.0 Å². The van der Waals surface area contributed by atoms with Gasteiger partial charge in [-0.15, -0.1) is 0 Å². The van der Waals surface area contributed by atoms with Crippen LogP contribution in [0.25, 0.3) is 11.0 Å². The van der Waals surface area contributed by atoms with Crippen molar-refractivity contribution < 1.29 is 23.5 Å². The van der Waals surface area contributed by atoms with E-state index in [4.69, 9.17) is 9.15 Å². The van der Waals surface area contributed by atoms with Crippen molar-refractivity contribution in [3.63, 3.8) is 0 Å². The summed E-state index contributed by atoms with van der Waals surface area (Å²) in [5, 5.41) is 3.43. The molecule has 1 aromatic heterocycles. The number of furan rings is 1. The molecule has 0 bridgehead atoms. The van der Waals surface area contributed by atoms with E-state index in [0.717, 1.165) is 10.3 Å². The first kappa shape index (κ1) is 16.0. The topological polar surface area (TPSA) is 88.8 Å². The van der Waals surface area contributed by atoms with Gasteiger partial charge in [-0.2, -0.15) is 0 Å². The lowest BCUT2D eigenvalue weighted by atomic mass is 9.99. The van der Waals surface area contributed by atoms with Crippen LogP contribution in [0.3, 0.4) is 0 Å². The summed E-state index contributed by atoms with van der Waals surface area (Å²) in [6.45, 7) is 4.52. The number of imide groups is 1. The van der Waals surface area contributed by atoms with Gasteiger partial charge in [-0.25, -0.2) is 4.79 Å². The molecule has 1 unspecified atom stereocenters. The largest absolute Gasteiger partial charge is 0.462 e. The maximum absolute atomic E-state index is 12.7. The lowest BCUT2D eigenvalue weighted by molar-refractivity contribution is -0.151. The van der Waals surface area contributed by atoms with Crippen molar-refractivity contribution in [3.05, 3.63) is 36.1 Å². The van der Waals surface area contributed by atoms with Gasteiger partial charge in [-0.05, 0) is 32.9 Å². The van der Waals surface area contributed by atoms with E-state index in [0.29, 0.717) is 11.3 Å². The van der Waals surface area contributed by atoms with Gasteiger partial charge < -0.3 is 14.5 Å². The number of fused-ring (bicyclic) bond motifs is 1. The fourth-order valence-electron chi connectivity index (χ4n) is 2.67. The molecular formula is C17H18N2O5. The average molecular weight is 330 g/mol. The Balaban J connectivity index is 1.87. The number of esters is 1. The average Bonchev–Trinajstić information content (AvgIpc) is 3.03. The van der Waals surface area contributed by atoms with Gasteiger partial charge in [0.2, 0.25) is 0 Å².